The molecule has 0 bridgehead atoms. The van der Waals surface area contributed by atoms with E-state index in [-0.39, 0.29) is 37.0 Å². The van der Waals surface area contributed by atoms with Gasteiger partial charge in [-0.25, -0.2) is 23.4 Å². The Balaban J connectivity index is 1.38. The minimum atomic E-state index is -3.86. The molecule has 2 aliphatic heterocycles. The van der Waals surface area contributed by atoms with Crippen LogP contribution in [0.15, 0.2) is 33.7 Å². The van der Waals surface area contributed by atoms with Crippen molar-refractivity contribution < 1.29 is 17.6 Å². The number of amides is 1. The maximum absolute atomic E-state index is 13.5. The lowest BCUT2D eigenvalue weighted by molar-refractivity contribution is -0.0103. The van der Waals surface area contributed by atoms with Crippen molar-refractivity contribution >= 4 is 38.4 Å². The molecule has 0 saturated carbocycles. The van der Waals surface area contributed by atoms with E-state index in [4.69, 9.17) is 21.3 Å². The second kappa shape index (κ2) is 9.49. The zero-order valence-electron chi connectivity index (χ0n) is 19.9. The number of aromatic amines is 1. The Labute approximate surface area is 213 Å². The van der Waals surface area contributed by atoms with E-state index < -0.39 is 22.0 Å². The number of halogens is 1. The molecule has 190 valence electrons. The van der Waals surface area contributed by atoms with Crippen molar-refractivity contribution in [2.24, 2.45) is 0 Å². The van der Waals surface area contributed by atoms with Crippen LogP contribution in [0.5, 0.6) is 0 Å². The molecule has 3 aromatic rings. The van der Waals surface area contributed by atoms with Crippen LogP contribution in [0, 0.1) is 11.3 Å². The molecule has 2 aliphatic rings. The van der Waals surface area contributed by atoms with Crippen LogP contribution in [0.3, 0.4) is 0 Å². The van der Waals surface area contributed by atoms with Gasteiger partial charge in [0, 0.05) is 62.1 Å². The summed E-state index contributed by atoms with van der Waals surface area (Å²) in [5.41, 5.74) is 1.38. The summed E-state index contributed by atoms with van der Waals surface area (Å²) < 4.78 is 34.1. The summed E-state index contributed by atoms with van der Waals surface area (Å²) in [6, 6.07) is 8.28. The third-order valence-corrected chi connectivity index (χ3v) is 8.79. The summed E-state index contributed by atoms with van der Waals surface area (Å²) in [5, 5.41) is 14.4. The van der Waals surface area contributed by atoms with Crippen molar-refractivity contribution in [2.45, 2.75) is 37.0 Å². The average Bonchev–Trinajstić information content (AvgIpc) is 3.46. The van der Waals surface area contributed by atoms with E-state index in [2.05, 4.69) is 16.0 Å². The molecule has 4 heterocycles. The maximum atomic E-state index is 13.5. The number of fused-ring (bicyclic) bond motifs is 2. The first kappa shape index (κ1) is 24.7. The number of aromatic nitrogens is 2. The van der Waals surface area contributed by atoms with E-state index in [0.717, 1.165) is 0 Å². The number of carbonyl (C=O) groups excluding carboxylic acids is 1. The van der Waals surface area contributed by atoms with E-state index in [1.165, 1.54) is 4.31 Å². The van der Waals surface area contributed by atoms with Gasteiger partial charge < -0.3 is 14.3 Å². The highest BCUT2D eigenvalue weighted by Crippen LogP contribution is 2.28. The Morgan fingerprint density at radius 3 is 2.81 bits per heavy atom. The van der Waals surface area contributed by atoms with Gasteiger partial charge in [-0.15, -0.1) is 0 Å². The second-order valence-electron chi connectivity index (χ2n) is 9.10. The van der Waals surface area contributed by atoms with Crippen molar-refractivity contribution in [3.8, 4) is 6.07 Å². The topological polar surface area (TPSA) is 130 Å². The highest BCUT2D eigenvalue weighted by Gasteiger charge is 2.39. The number of hydrogen-bond donors (Lipinski definition) is 1. The quantitative estimate of drug-likeness (QED) is 0.531. The Morgan fingerprint density at radius 2 is 2.03 bits per heavy atom. The number of sulfonamides is 1. The van der Waals surface area contributed by atoms with Crippen molar-refractivity contribution in [3.05, 3.63) is 46.6 Å². The Hall–Kier alpha value is -2.95. The van der Waals surface area contributed by atoms with Gasteiger partial charge in [-0.3, -0.25) is 4.79 Å². The Morgan fingerprint density at radius 1 is 1.25 bits per heavy atom. The molecule has 1 aromatic carbocycles. The largest absolute Gasteiger partial charge is 0.436 e. The monoisotopic (exact) mass is 531 g/mol. The number of hydrogen-bond acceptors (Lipinski definition) is 8. The molecule has 1 unspecified atom stereocenters. The number of nitrogens with zero attached hydrogens (tertiary/aromatic N) is 6. The maximum Gasteiger partial charge on any atom is 0.310 e. The summed E-state index contributed by atoms with van der Waals surface area (Å²) in [7, 11) is -0.00734. The minimum absolute atomic E-state index is 0.00513. The zero-order chi connectivity index (χ0) is 25.6. The molecule has 36 heavy (non-hydrogen) atoms. The van der Waals surface area contributed by atoms with Crippen molar-refractivity contribution in [1.29, 1.82) is 5.26 Å². The van der Waals surface area contributed by atoms with Crippen molar-refractivity contribution in [3.63, 3.8) is 0 Å². The molecule has 11 nitrogen and oxygen atoms in total. The zero-order valence-corrected chi connectivity index (χ0v) is 21.5. The summed E-state index contributed by atoms with van der Waals surface area (Å²) in [6.45, 7) is 1.37. The molecular weight excluding hydrogens is 506 g/mol. The Kier molecular flexibility index (Phi) is 6.52. The lowest BCUT2D eigenvalue weighted by atomic mass is 10.1. The first-order valence-electron chi connectivity index (χ1n) is 11.5. The fourth-order valence-electron chi connectivity index (χ4n) is 4.66. The third-order valence-electron chi connectivity index (χ3n) is 6.77. The van der Waals surface area contributed by atoms with Gasteiger partial charge in [0.25, 0.3) is 15.9 Å². The lowest BCUT2D eigenvalue weighted by Crippen LogP contribution is -2.56. The van der Waals surface area contributed by atoms with Crippen molar-refractivity contribution in [2.75, 3.05) is 33.7 Å². The molecule has 2 aromatic heterocycles. The number of H-pyrrole nitrogens is 1. The number of hydrazine groups is 1. The van der Waals surface area contributed by atoms with Gasteiger partial charge >= 0.3 is 5.91 Å². The fraction of sp³-hybridized carbons (Fsp3) is 0.435. The van der Waals surface area contributed by atoms with Gasteiger partial charge in [0.15, 0.2) is 0 Å². The fourth-order valence-corrected chi connectivity index (χ4v) is 6.32. The molecule has 13 heteroatoms. The molecule has 1 saturated heterocycles. The van der Waals surface area contributed by atoms with Gasteiger partial charge in [0.2, 0.25) is 0 Å². The highest BCUT2D eigenvalue weighted by atomic mass is 35.5. The highest BCUT2D eigenvalue weighted by molar-refractivity contribution is 7.89. The normalized spacial score (nSPS) is 19.9. The summed E-state index contributed by atoms with van der Waals surface area (Å²) in [4.78, 5) is 22.4. The first-order valence-corrected chi connectivity index (χ1v) is 13.4. The molecule has 0 spiro atoms. The molecule has 1 amide bonds. The van der Waals surface area contributed by atoms with Crippen LogP contribution in [0.4, 0.5) is 0 Å². The minimum Gasteiger partial charge on any atom is -0.436 e. The number of piperazine rings is 1. The van der Waals surface area contributed by atoms with Gasteiger partial charge in [-0.2, -0.15) is 9.57 Å². The van der Waals surface area contributed by atoms with E-state index in [9.17, 15) is 13.2 Å². The number of benzene rings is 1. The second-order valence-corrected chi connectivity index (χ2v) is 11.4. The lowest BCUT2D eigenvalue weighted by Gasteiger charge is -2.39. The Bertz CT molecular complexity index is 1430. The number of nitrogens with one attached hydrogen (secondary N) is 1. The van der Waals surface area contributed by atoms with Gasteiger partial charge in [0.1, 0.15) is 10.8 Å². The SMILES string of the molecule is CN1Cc2nc(C(=O)N3CCN(S(=O)(=O)c4cc5cc(Cl)ccc5[nH]4)CC3CCC#N)oc2CN1C. The molecule has 5 rings (SSSR count). The summed E-state index contributed by atoms with van der Waals surface area (Å²) in [6.07, 6.45) is 0.521. The van der Waals surface area contributed by atoms with Gasteiger partial charge in [-0.05, 0) is 30.7 Å². The number of oxazole rings is 1. The average molecular weight is 532 g/mol. The standard InChI is InChI=1S/C23H26ClN7O4S/c1-28-13-19-20(14-29(28)2)35-22(27-19)23(32)31-9-8-30(12-17(31)4-3-7-25)36(33,34)21-11-15-10-16(24)5-6-18(15)26-21/h5-6,10-11,17,26H,3-4,8-9,12-14H2,1-2H3. The molecule has 1 atom stereocenters. The molecule has 0 radical (unpaired) electrons. The van der Waals surface area contributed by atoms with Crippen LogP contribution in [0.1, 0.15) is 35.0 Å². The van der Waals surface area contributed by atoms with E-state index in [0.29, 0.717) is 46.9 Å². The molecular formula is C23H26ClN7O4S. The number of rotatable bonds is 5. The predicted octanol–water partition coefficient (Wildman–Crippen LogP) is 2.42. The van der Waals surface area contributed by atoms with E-state index in [1.807, 2.05) is 24.1 Å². The third kappa shape index (κ3) is 4.49. The van der Waals surface area contributed by atoms with Crippen LogP contribution in [-0.4, -0.2) is 83.3 Å². The molecule has 1 N–H and O–H groups in total. The van der Waals surface area contributed by atoms with Crippen LogP contribution < -0.4 is 0 Å². The molecule has 0 aliphatic carbocycles. The van der Waals surface area contributed by atoms with Crippen LogP contribution in [-0.2, 0) is 23.1 Å². The van der Waals surface area contributed by atoms with Crippen LogP contribution >= 0.6 is 11.6 Å². The predicted molar refractivity (Wildman–Crippen MR) is 131 cm³/mol. The van der Waals surface area contributed by atoms with Gasteiger partial charge in [-0.1, -0.05) is 11.6 Å². The van der Waals surface area contributed by atoms with E-state index in [1.54, 1.807) is 29.2 Å². The molecule has 1 fully saturated rings. The summed E-state index contributed by atoms with van der Waals surface area (Å²) >= 11 is 6.05. The first-order chi connectivity index (χ1) is 17.2. The smallest absolute Gasteiger partial charge is 0.310 e. The van der Waals surface area contributed by atoms with Crippen molar-refractivity contribution in [1.82, 2.24) is 29.2 Å². The van der Waals surface area contributed by atoms with Crippen LogP contribution in [0.2, 0.25) is 5.02 Å². The number of nitriles is 1. The van der Waals surface area contributed by atoms with E-state index >= 15 is 0 Å². The van der Waals surface area contributed by atoms with Gasteiger partial charge in [0.05, 0.1) is 24.9 Å². The number of carbonyl (C=O) groups is 1. The summed E-state index contributed by atoms with van der Waals surface area (Å²) in [5.74, 6) is 0.247. The van der Waals surface area contributed by atoms with Crippen LogP contribution in [0.25, 0.3) is 10.9 Å².